The Balaban J connectivity index is 1.76. The smallest absolute Gasteiger partial charge is 0.411 e. The Morgan fingerprint density at radius 1 is 1.32 bits per heavy atom. The number of hydrogen-bond acceptors (Lipinski definition) is 2. The molecule has 2 aliphatic rings. The van der Waals surface area contributed by atoms with Gasteiger partial charge >= 0.3 is 6.09 Å². The average Bonchev–Trinajstić information content (AvgIpc) is 2.48. The molecule has 0 aromatic heterocycles. The first-order chi connectivity index (χ1) is 11.7. The van der Waals surface area contributed by atoms with Crippen LogP contribution in [-0.2, 0) is 11.2 Å². The molecule has 2 bridgehead atoms. The van der Waals surface area contributed by atoms with E-state index in [9.17, 15) is 9.18 Å². The SMILES string of the molecule is Cc1ccc(CC2=CC3CCCC(C2)N3C(=O)OC(C)(C)C)cc1F. The minimum Gasteiger partial charge on any atom is -0.444 e. The van der Waals surface area contributed by atoms with E-state index < -0.39 is 5.60 Å². The summed E-state index contributed by atoms with van der Waals surface area (Å²) >= 11 is 0. The molecule has 1 amide bonds. The molecule has 0 radical (unpaired) electrons. The van der Waals surface area contributed by atoms with Crippen molar-refractivity contribution < 1.29 is 13.9 Å². The van der Waals surface area contributed by atoms with E-state index in [-0.39, 0.29) is 24.0 Å². The first-order valence-electron chi connectivity index (χ1n) is 9.19. The molecule has 136 valence electrons. The Morgan fingerprint density at radius 2 is 2.08 bits per heavy atom. The standard InChI is InChI=1S/C21H28FNO2/c1-14-8-9-15(13-19(14)22)10-16-11-17-6-5-7-18(12-16)23(17)20(24)25-21(2,3)4/h8-9,11,13,17-18H,5-7,10,12H2,1-4H3. The fourth-order valence-electron chi connectivity index (χ4n) is 3.86. The van der Waals surface area contributed by atoms with Gasteiger partial charge in [0.05, 0.1) is 6.04 Å². The van der Waals surface area contributed by atoms with E-state index in [0.717, 1.165) is 37.7 Å². The summed E-state index contributed by atoms with van der Waals surface area (Å²) in [6, 6.07) is 5.76. The zero-order chi connectivity index (χ0) is 18.2. The van der Waals surface area contributed by atoms with Crippen LogP contribution >= 0.6 is 0 Å². The summed E-state index contributed by atoms with van der Waals surface area (Å²) in [6.07, 6.45) is 6.72. The highest BCUT2D eigenvalue weighted by Crippen LogP contribution is 2.35. The first kappa shape index (κ1) is 18.0. The van der Waals surface area contributed by atoms with Crippen LogP contribution in [0.15, 0.2) is 29.8 Å². The fourth-order valence-corrected chi connectivity index (χ4v) is 3.86. The number of rotatable bonds is 2. The van der Waals surface area contributed by atoms with Gasteiger partial charge in [-0.2, -0.15) is 0 Å². The predicted octanol–water partition coefficient (Wildman–Crippen LogP) is 5.16. The summed E-state index contributed by atoms with van der Waals surface area (Å²) in [6.45, 7) is 7.48. The van der Waals surface area contributed by atoms with Crippen LogP contribution in [0.3, 0.4) is 0 Å². The van der Waals surface area contributed by atoms with Gasteiger partial charge in [0, 0.05) is 6.04 Å². The zero-order valence-corrected chi connectivity index (χ0v) is 15.6. The van der Waals surface area contributed by atoms with E-state index in [1.54, 1.807) is 13.0 Å². The van der Waals surface area contributed by atoms with Crippen LogP contribution in [0.4, 0.5) is 9.18 Å². The molecular formula is C21H28FNO2. The second kappa shape index (κ2) is 6.81. The summed E-state index contributed by atoms with van der Waals surface area (Å²) in [5, 5.41) is 0. The van der Waals surface area contributed by atoms with Crippen molar-refractivity contribution in [2.45, 2.75) is 77.5 Å². The number of carbonyl (C=O) groups is 1. The summed E-state index contributed by atoms with van der Waals surface area (Å²) in [5.74, 6) is -0.149. The van der Waals surface area contributed by atoms with Crippen LogP contribution in [0.5, 0.6) is 0 Å². The molecular weight excluding hydrogens is 317 g/mol. The van der Waals surface area contributed by atoms with Gasteiger partial charge in [-0.15, -0.1) is 0 Å². The van der Waals surface area contributed by atoms with Crippen molar-refractivity contribution in [1.29, 1.82) is 0 Å². The average molecular weight is 345 g/mol. The summed E-state index contributed by atoms with van der Waals surface area (Å²) in [7, 11) is 0. The van der Waals surface area contributed by atoms with Gasteiger partial charge in [-0.3, -0.25) is 4.90 Å². The molecule has 2 heterocycles. The number of nitrogens with zero attached hydrogens (tertiary/aromatic N) is 1. The molecule has 3 rings (SSSR count). The molecule has 3 nitrogen and oxygen atoms in total. The third kappa shape index (κ3) is 4.23. The third-order valence-corrected chi connectivity index (χ3v) is 4.99. The van der Waals surface area contributed by atoms with Crippen molar-refractivity contribution in [2.24, 2.45) is 0 Å². The Hall–Kier alpha value is -1.84. The quantitative estimate of drug-likeness (QED) is 0.693. The molecule has 0 saturated carbocycles. The normalized spacial score (nSPS) is 23.2. The molecule has 1 saturated heterocycles. The minimum atomic E-state index is -0.477. The van der Waals surface area contributed by atoms with Gasteiger partial charge in [0.2, 0.25) is 0 Å². The van der Waals surface area contributed by atoms with Gasteiger partial charge in [-0.05, 0) is 77.0 Å². The Bertz CT molecular complexity index is 690. The maximum absolute atomic E-state index is 13.8. The molecule has 2 atom stereocenters. The van der Waals surface area contributed by atoms with Gasteiger partial charge in [0.25, 0.3) is 0 Å². The number of aryl methyl sites for hydroxylation is 1. The number of piperidine rings is 1. The molecule has 0 spiro atoms. The lowest BCUT2D eigenvalue weighted by Gasteiger charge is -2.45. The number of fused-ring (bicyclic) bond motifs is 2. The van der Waals surface area contributed by atoms with Gasteiger partial charge in [0.1, 0.15) is 11.4 Å². The highest BCUT2D eigenvalue weighted by atomic mass is 19.1. The van der Waals surface area contributed by atoms with E-state index in [1.807, 2.05) is 37.8 Å². The molecule has 0 aliphatic carbocycles. The first-order valence-corrected chi connectivity index (χ1v) is 9.19. The number of ether oxygens (including phenoxy) is 1. The fraction of sp³-hybridized carbons (Fsp3) is 0.571. The maximum atomic E-state index is 13.8. The number of amides is 1. The molecule has 25 heavy (non-hydrogen) atoms. The monoisotopic (exact) mass is 345 g/mol. The van der Waals surface area contributed by atoms with Crippen LogP contribution in [0.1, 0.15) is 57.6 Å². The van der Waals surface area contributed by atoms with Gasteiger partial charge in [0.15, 0.2) is 0 Å². The molecule has 2 unspecified atom stereocenters. The molecule has 1 aromatic carbocycles. The number of carbonyl (C=O) groups excluding carboxylic acids is 1. The van der Waals surface area contributed by atoms with Crippen molar-refractivity contribution in [3.63, 3.8) is 0 Å². The molecule has 0 N–H and O–H groups in total. The lowest BCUT2D eigenvalue weighted by Crippen LogP contribution is -2.53. The second-order valence-electron chi connectivity index (χ2n) is 8.33. The minimum absolute atomic E-state index is 0.104. The van der Waals surface area contributed by atoms with Crippen molar-refractivity contribution in [1.82, 2.24) is 4.90 Å². The summed E-state index contributed by atoms with van der Waals surface area (Å²) < 4.78 is 19.4. The number of hydrogen-bond donors (Lipinski definition) is 0. The molecule has 1 aromatic rings. The lowest BCUT2D eigenvalue weighted by molar-refractivity contribution is -0.00149. The van der Waals surface area contributed by atoms with E-state index >= 15 is 0 Å². The molecule has 2 aliphatic heterocycles. The van der Waals surface area contributed by atoms with Crippen molar-refractivity contribution in [2.75, 3.05) is 0 Å². The molecule has 4 heteroatoms. The second-order valence-corrected chi connectivity index (χ2v) is 8.33. The topological polar surface area (TPSA) is 29.5 Å². The maximum Gasteiger partial charge on any atom is 0.411 e. The number of benzene rings is 1. The summed E-state index contributed by atoms with van der Waals surface area (Å²) in [4.78, 5) is 14.5. The largest absolute Gasteiger partial charge is 0.444 e. The summed E-state index contributed by atoms with van der Waals surface area (Å²) in [5.41, 5.74) is 2.50. The number of halogens is 1. The van der Waals surface area contributed by atoms with Crippen LogP contribution in [-0.4, -0.2) is 28.7 Å². The van der Waals surface area contributed by atoms with E-state index in [4.69, 9.17) is 4.74 Å². The highest BCUT2D eigenvalue weighted by Gasteiger charge is 2.39. The van der Waals surface area contributed by atoms with E-state index in [0.29, 0.717) is 5.56 Å². The highest BCUT2D eigenvalue weighted by molar-refractivity contribution is 5.70. The van der Waals surface area contributed by atoms with E-state index in [2.05, 4.69) is 6.08 Å². The van der Waals surface area contributed by atoms with Crippen LogP contribution in [0.2, 0.25) is 0 Å². The predicted molar refractivity (Wildman–Crippen MR) is 97.0 cm³/mol. The van der Waals surface area contributed by atoms with Gasteiger partial charge in [-0.25, -0.2) is 9.18 Å². The van der Waals surface area contributed by atoms with Gasteiger partial charge < -0.3 is 4.74 Å². The van der Waals surface area contributed by atoms with Crippen LogP contribution < -0.4 is 0 Å². The van der Waals surface area contributed by atoms with Crippen molar-refractivity contribution in [3.8, 4) is 0 Å². The Kier molecular flexibility index (Phi) is 4.90. The van der Waals surface area contributed by atoms with Gasteiger partial charge in [-0.1, -0.05) is 23.8 Å². The lowest BCUT2D eigenvalue weighted by atomic mass is 9.83. The van der Waals surface area contributed by atoms with Crippen molar-refractivity contribution >= 4 is 6.09 Å². The Labute approximate surface area is 149 Å². The third-order valence-electron chi connectivity index (χ3n) is 4.99. The van der Waals surface area contributed by atoms with Crippen molar-refractivity contribution in [3.05, 3.63) is 46.8 Å². The van der Waals surface area contributed by atoms with Crippen LogP contribution in [0, 0.1) is 12.7 Å². The van der Waals surface area contributed by atoms with E-state index in [1.165, 1.54) is 5.57 Å². The zero-order valence-electron chi connectivity index (χ0n) is 15.6. The van der Waals surface area contributed by atoms with Crippen LogP contribution in [0.25, 0.3) is 0 Å². The molecule has 1 fully saturated rings. The Morgan fingerprint density at radius 3 is 2.72 bits per heavy atom.